The van der Waals surface area contributed by atoms with Crippen molar-refractivity contribution in [3.63, 3.8) is 0 Å². The number of hydrogen-bond acceptors (Lipinski definition) is 8. The molecule has 1 saturated carbocycles. The predicted octanol–water partition coefficient (Wildman–Crippen LogP) is 7.30. The minimum Gasteiger partial charge on any atom is -0.381 e. The third-order valence-corrected chi connectivity index (χ3v) is 10.8. The summed E-state index contributed by atoms with van der Waals surface area (Å²) < 4.78 is 95.2. The van der Waals surface area contributed by atoms with Gasteiger partial charge in [0.1, 0.15) is 40.9 Å². The molecule has 3 atom stereocenters. The van der Waals surface area contributed by atoms with Gasteiger partial charge in [-0.2, -0.15) is 13.9 Å². The van der Waals surface area contributed by atoms with Gasteiger partial charge in [-0.25, -0.2) is 22.5 Å². The maximum Gasteiger partial charge on any atom is 0.293 e. The molecule has 0 bridgehead atoms. The van der Waals surface area contributed by atoms with Crippen molar-refractivity contribution in [1.29, 1.82) is 0 Å². The van der Waals surface area contributed by atoms with Gasteiger partial charge in [-0.3, -0.25) is 14.2 Å². The molecule has 11 nitrogen and oxygen atoms in total. The lowest BCUT2D eigenvalue weighted by atomic mass is 9.93. The van der Waals surface area contributed by atoms with E-state index in [-0.39, 0.29) is 77.6 Å². The summed E-state index contributed by atoms with van der Waals surface area (Å²) in [6.45, 7) is -0.341. The minimum atomic E-state index is -3.49. The Labute approximate surface area is 319 Å². The Morgan fingerprint density at radius 3 is 2.50 bits per heavy atom. The molecule has 2 aromatic carbocycles. The summed E-state index contributed by atoms with van der Waals surface area (Å²) in [5.41, 5.74) is -1.92. The van der Waals surface area contributed by atoms with Crippen LogP contribution in [0.5, 0.6) is 0 Å². The largest absolute Gasteiger partial charge is 0.381 e. The SMILES string of the molecule is Cn1nc(N=O)c2c(Cl)ccc(-c3ccc(C#CC4(O)CCOCC4)nc3[C@H](Cc3cc(F)cc(F)c3)NC(=O)Cn3nc(C(F)F)c4c3C(F)(F)[C@@H]3C[C@H]43)c21. The third kappa shape index (κ3) is 6.69. The summed E-state index contributed by atoms with van der Waals surface area (Å²) in [6, 6.07) is 7.68. The summed E-state index contributed by atoms with van der Waals surface area (Å²) in [5, 5.41) is 25.0. The Bertz CT molecular complexity index is 2470. The summed E-state index contributed by atoms with van der Waals surface area (Å²) in [6.07, 6.45) is -2.98. The standard InChI is InChI=1S/C38H30ClF6N7O4/c1-51-33-23(4-5-26(39)30(33)36(49-51)50-55)22-3-2-21(6-7-37(54)8-10-56-11-9-37)46-31(22)27(14-18-12-19(40)15-20(41)13-18)47-28(53)17-52-34-29(32(48-52)35(42)43)24-16-25(24)38(34,44)45/h2-5,12-13,15,24-25,27,35,54H,8-11,14,16-17H2,1H3,(H,47,53)/t24-,25+,27-/m0/s1. The van der Waals surface area contributed by atoms with E-state index in [1.54, 1.807) is 19.2 Å². The molecule has 2 aliphatic carbocycles. The van der Waals surface area contributed by atoms with Crippen LogP contribution in [-0.4, -0.2) is 54.4 Å². The first-order chi connectivity index (χ1) is 26.7. The van der Waals surface area contributed by atoms with Crippen LogP contribution in [0, 0.1) is 34.3 Å². The highest BCUT2D eigenvalue weighted by Crippen LogP contribution is 2.68. The number of aliphatic hydroxyl groups is 1. The number of nitrogens with one attached hydrogen (secondary N) is 1. The molecule has 0 unspecified atom stereocenters. The van der Waals surface area contributed by atoms with Crippen LogP contribution in [0.3, 0.4) is 0 Å². The number of halogens is 7. The van der Waals surface area contributed by atoms with Crippen LogP contribution in [0.4, 0.5) is 32.2 Å². The number of nitrogens with zero attached hydrogens (tertiary/aromatic N) is 6. The number of pyridine rings is 1. The molecule has 3 aromatic heterocycles. The number of fused-ring (bicyclic) bond motifs is 4. The van der Waals surface area contributed by atoms with E-state index in [9.17, 15) is 32.4 Å². The number of aromatic nitrogens is 5. The number of benzene rings is 2. The second-order valence-corrected chi connectivity index (χ2v) is 14.6. The molecule has 4 heterocycles. The zero-order chi connectivity index (χ0) is 39.7. The molecule has 5 aromatic rings. The number of carbonyl (C=O) groups excluding carboxylic acids is 1. The summed E-state index contributed by atoms with van der Waals surface area (Å²) in [5.74, 6) is -2.73. The van der Waals surface area contributed by atoms with E-state index in [4.69, 9.17) is 21.3 Å². The van der Waals surface area contributed by atoms with Gasteiger partial charge in [0.05, 0.1) is 40.9 Å². The molecule has 290 valence electrons. The lowest BCUT2D eigenvalue weighted by Crippen LogP contribution is -2.35. The Morgan fingerprint density at radius 1 is 1.09 bits per heavy atom. The van der Waals surface area contributed by atoms with Gasteiger partial charge < -0.3 is 15.2 Å². The molecule has 1 saturated heterocycles. The van der Waals surface area contributed by atoms with Crippen LogP contribution in [0.15, 0.2) is 47.6 Å². The van der Waals surface area contributed by atoms with Gasteiger partial charge in [0.15, 0.2) is 0 Å². The molecule has 2 fully saturated rings. The molecule has 1 aliphatic heterocycles. The number of rotatable bonds is 9. The number of aryl methyl sites for hydroxylation is 1. The van der Waals surface area contributed by atoms with Crippen LogP contribution in [0.25, 0.3) is 22.0 Å². The van der Waals surface area contributed by atoms with E-state index < -0.39 is 71.3 Å². The first-order valence-electron chi connectivity index (χ1n) is 17.5. The average molecular weight is 798 g/mol. The molecule has 3 aliphatic rings. The van der Waals surface area contributed by atoms with Crippen molar-refractivity contribution >= 4 is 34.2 Å². The Hall–Kier alpha value is -5.31. The Balaban J connectivity index is 1.26. The monoisotopic (exact) mass is 797 g/mol. The number of carbonyl (C=O) groups is 1. The molecular weight excluding hydrogens is 768 g/mol. The molecule has 0 radical (unpaired) electrons. The third-order valence-electron chi connectivity index (χ3n) is 10.5. The fourth-order valence-corrected chi connectivity index (χ4v) is 8.06. The van der Waals surface area contributed by atoms with E-state index in [0.717, 1.165) is 12.1 Å². The molecule has 0 spiro atoms. The van der Waals surface area contributed by atoms with Crippen LogP contribution >= 0.6 is 11.6 Å². The predicted molar refractivity (Wildman–Crippen MR) is 189 cm³/mol. The quantitative estimate of drug-likeness (QED) is 0.0908. The fourth-order valence-electron chi connectivity index (χ4n) is 7.83. The second kappa shape index (κ2) is 14.0. The molecular formula is C38H30ClF6N7O4. The fraction of sp³-hybridized carbons (Fsp3) is 0.368. The molecule has 1 amide bonds. The highest BCUT2D eigenvalue weighted by atomic mass is 35.5. The van der Waals surface area contributed by atoms with Crippen LogP contribution < -0.4 is 5.32 Å². The van der Waals surface area contributed by atoms with Gasteiger partial charge in [0, 0.05) is 48.6 Å². The van der Waals surface area contributed by atoms with Gasteiger partial charge in [-0.05, 0) is 65.8 Å². The number of alkyl halides is 4. The van der Waals surface area contributed by atoms with Crippen molar-refractivity contribution in [3.8, 4) is 23.0 Å². The van der Waals surface area contributed by atoms with Crippen molar-refractivity contribution < 1.29 is 41.0 Å². The van der Waals surface area contributed by atoms with Crippen LogP contribution in [0.2, 0.25) is 5.02 Å². The van der Waals surface area contributed by atoms with Gasteiger partial charge in [0.25, 0.3) is 12.3 Å². The molecule has 56 heavy (non-hydrogen) atoms. The van der Waals surface area contributed by atoms with E-state index in [2.05, 4.69) is 32.5 Å². The lowest BCUT2D eigenvalue weighted by Gasteiger charge is -2.26. The van der Waals surface area contributed by atoms with Crippen molar-refractivity contribution in [2.24, 2.45) is 18.1 Å². The number of hydrogen-bond donors (Lipinski definition) is 2. The van der Waals surface area contributed by atoms with Crippen molar-refractivity contribution in [2.75, 3.05) is 13.2 Å². The first kappa shape index (κ1) is 37.6. The van der Waals surface area contributed by atoms with Gasteiger partial charge >= 0.3 is 0 Å². The van der Waals surface area contributed by atoms with E-state index in [0.29, 0.717) is 27.4 Å². The van der Waals surface area contributed by atoms with Crippen LogP contribution in [-0.2, 0) is 35.5 Å². The maximum absolute atomic E-state index is 15.4. The number of ether oxygens (including phenoxy) is 1. The Kier molecular flexibility index (Phi) is 9.41. The number of amides is 1. The van der Waals surface area contributed by atoms with Gasteiger partial charge in [-0.1, -0.05) is 23.6 Å². The van der Waals surface area contributed by atoms with Crippen LogP contribution in [0.1, 0.15) is 71.6 Å². The number of nitroso groups, excluding NO2 is 1. The second-order valence-electron chi connectivity index (χ2n) is 14.2. The molecule has 8 rings (SSSR count). The van der Waals surface area contributed by atoms with Crippen molar-refractivity contribution in [1.82, 2.24) is 29.9 Å². The van der Waals surface area contributed by atoms with E-state index in [1.165, 1.54) is 16.8 Å². The lowest BCUT2D eigenvalue weighted by molar-refractivity contribution is -0.123. The zero-order valence-corrected chi connectivity index (χ0v) is 30.1. The highest BCUT2D eigenvalue weighted by molar-refractivity contribution is 6.37. The summed E-state index contributed by atoms with van der Waals surface area (Å²) in [4.78, 5) is 30.4. The van der Waals surface area contributed by atoms with E-state index >= 15 is 8.78 Å². The van der Waals surface area contributed by atoms with E-state index in [1.807, 2.05) is 0 Å². The summed E-state index contributed by atoms with van der Waals surface area (Å²) in [7, 11) is 1.54. The first-order valence-corrected chi connectivity index (χ1v) is 17.9. The zero-order valence-electron chi connectivity index (χ0n) is 29.3. The van der Waals surface area contributed by atoms with Crippen molar-refractivity contribution in [2.45, 2.75) is 62.1 Å². The molecule has 2 N–H and O–H groups in total. The summed E-state index contributed by atoms with van der Waals surface area (Å²) >= 11 is 6.49. The van der Waals surface area contributed by atoms with Gasteiger partial charge in [0.2, 0.25) is 11.7 Å². The maximum atomic E-state index is 15.4. The van der Waals surface area contributed by atoms with Gasteiger partial charge in [-0.15, -0.1) is 10.0 Å². The van der Waals surface area contributed by atoms with Crippen molar-refractivity contribution in [3.05, 3.63) is 97.9 Å². The molecule has 18 heteroatoms. The highest BCUT2D eigenvalue weighted by Gasteiger charge is 2.67. The smallest absolute Gasteiger partial charge is 0.293 e. The Morgan fingerprint density at radius 2 is 1.80 bits per heavy atom. The minimum absolute atomic E-state index is 0.0295. The average Bonchev–Trinajstić information content (AvgIpc) is 3.67. The normalized spacial score (nSPS) is 19.6. The topological polar surface area (TPSA) is 137 Å².